The van der Waals surface area contributed by atoms with Crippen molar-refractivity contribution < 1.29 is 4.79 Å². The van der Waals surface area contributed by atoms with E-state index in [1.807, 2.05) is 43.3 Å². The summed E-state index contributed by atoms with van der Waals surface area (Å²) in [5.74, 6) is -0.202. The van der Waals surface area contributed by atoms with Crippen LogP contribution in [-0.4, -0.2) is 10.9 Å². The lowest BCUT2D eigenvalue weighted by Gasteiger charge is -2.11. The van der Waals surface area contributed by atoms with E-state index in [-0.39, 0.29) is 5.91 Å². The lowest BCUT2D eigenvalue weighted by molar-refractivity contribution is 0.102. The van der Waals surface area contributed by atoms with Gasteiger partial charge in [0.25, 0.3) is 5.91 Å². The standard InChI is InChI=1S/C19H15ClN2OS/c1-13-9-10-14(20)12-17(13)22-18(23)16-8-5-11-21-19(16)24-15-6-3-2-4-7-15/h2-12H,1H3,(H,22,23). The Kier molecular flexibility index (Phi) is 5.18. The van der Waals surface area contributed by atoms with Gasteiger partial charge in [-0.15, -0.1) is 0 Å². The minimum Gasteiger partial charge on any atom is -0.322 e. The first kappa shape index (κ1) is 16.6. The molecule has 0 saturated carbocycles. The minimum atomic E-state index is -0.202. The first-order valence-corrected chi connectivity index (χ1v) is 8.58. The highest BCUT2D eigenvalue weighted by molar-refractivity contribution is 7.99. The van der Waals surface area contributed by atoms with E-state index in [0.717, 1.165) is 10.5 Å². The van der Waals surface area contributed by atoms with Crippen LogP contribution < -0.4 is 5.32 Å². The molecule has 0 aliphatic heterocycles. The Labute approximate surface area is 150 Å². The molecule has 2 aromatic carbocycles. The van der Waals surface area contributed by atoms with E-state index in [2.05, 4.69) is 10.3 Å². The average Bonchev–Trinajstić information content (AvgIpc) is 2.59. The van der Waals surface area contributed by atoms with Gasteiger partial charge in [-0.25, -0.2) is 4.98 Å². The summed E-state index contributed by atoms with van der Waals surface area (Å²) in [7, 11) is 0. The molecule has 0 spiro atoms. The van der Waals surface area contributed by atoms with Gasteiger partial charge in [0.1, 0.15) is 5.03 Å². The molecular formula is C19H15ClN2OS. The molecule has 1 heterocycles. The van der Waals surface area contributed by atoms with Crippen LogP contribution in [0.2, 0.25) is 5.02 Å². The van der Waals surface area contributed by atoms with Crippen LogP contribution in [-0.2, 0) is 0 Å². The van der Waals surface area contributed by atoms with Crippen molar-refractivity contribution in [2.24, 2.45) is 0 Å². The molecule has 0 fully saturated rings. The number of carbonyl (C=O) groups excluding carboxylic acids is 1. The molecule has 120 valence electrons. The number of amides is 1. The molecule has 0 saturated heterocycles. The van der Waals surface area contributed by atoms with Gasteiger partial charge in [0.05, 0.1) is 5.56 Å². The monoisotopic (exact) mass is 354 g/mol. The summed E-state index contributed by atoms with van der Waals surface area (Å²) in [6, 6.07) is 18.8. The number of aryl methyl sites for hydroxylation is 1. The highest BCUT2D eigenvalue weighted by atomic mass is 35.5. The van der Waals surface area contributed by atoms with Crippen molar-refractivity contribution >= 4 is 35.0 Å². The highest BCUT2D eigenvalue weighted by Crippen LogP contribution is 2.29. The largest absolute Gasteiger partial charge is 0.322 e. The Morgan fingerprint density at radius 1 is 1.08 bits per heavy atom. The van der Waals surface area contributed by atoms with E-state index in [4.69, 9.17) is 11.6 Å². The molecule has 24 heavy (non-hydrogen) atoms. The van der Waals surface area contributed by atoms with Gasteiger partial charge in [-0.3, -0.25) is 4.79 Å². The molecule has 0 unspecified atom stereocenters. The van der Waals surface area contributed by atoms with Crippen LogP contribution in [0.3, 0.4) is 0 Å². The summed E-state index contributed by atoms with van der Waals surface area (Å²) >= 11 is 7.48. The molecule has 3 rings (SSSR count). The summed E-state index contributed by atoms with van der Waals surface area (Å²) in [5.41, 5.74) is 2.19. The second kappa shape index (κ2) is 7.51. The van der Waals surface area contributed by atoms with E-state index in [0.29, 0.717) is 21.3 Å². The number of hydrogen-bond acceptors (Lipinski definition) is 3. The zero-order valence-electron chi connectivity index (χ0n) is 13.0. The van der Waals surface area contributed by atoms with Crippen molar-refractivity contribution in [3.8, 4) is 0 Å². The quantitative estimate of drug-likeness (QED) is 0.677. The third-order valence-electron chi connectivity index (χ3n) is 3.42. The summed E-state index contributed by atoms with van der Waals surface area (Å²) < 4.78 is 0. The van der Waals surface area contributed by atoms with Crippen molar-refractivity contribution in [2.75, 3.05) is 5.32 Å². The number of hydrogen-bond donors (Lipinski definition) is 1. The van der Waals surface area contributed by atoms with Crippen molar-refractivity contribution in [1.29, 1.82) is 0 Å². The number of halogens is 1. The van der Waals surface area contributed by atoms with Gasteiger partial charge in [-0.05, 0) is 48.9 Å². The zero-order chi connectivity index (χ0) is 16.9. The van der Waals surface area contributed by atoms with Gasteiger partial charge < -0.3 is 5.32 Å². The second-order valence-corrected chi connectivity index (χ2v) is 6.68. The Morgan fingerprint density at radius 2 is 1.88 bits per heavy atom. The van der Waals surface area contributed by atoms with Gasteiger partial charge in [-0.2, -0.15) is 0 Å². The molecule has 0 aliphatic carbocycles. The molecule has 1 N–H and O–H groups in total. The van der Waals surface area contributed by atoms with Crippen LogP contribution in [0.1, 0.15) is 15.9 Å². The first-order valence-electron chi connectivity index (χ1n) is 7.39. The smallest absolute Gasteiger partial charge is 0.258 e. The van der Waals surface area contributed by atoms with Crippen LogP contribution in [0.5, 0.6) is 0 Å². The molecule has 0 bridgehead atoms. The number of anilines is 1. The second-order valence-electron chi connectivity index (χ2n) is 5.18. The number of pyridine rings is 1. The highest BCUT2D eigenvalue weighted by Gasteiger charge is 2.14. The topological polar surface area (TPSA) is 42.0 Å². The fourth-order valence-electron chi connectivity index (χ4n) is 2.16. The van der Waals surface area contributed by atoms with Crippen molar-refractivity contribution in [3.63, 3.8) is 0 Å². The number of rotatable bonds is 4. The normalized spacial score (nSPS) is 10.4. The van der Waals surface area contributed by atoms with Crippen LogP contribution in [0.4, 0.5) is 5.69 Å². The van der Waals surface area contributed by atoms with E-state index >= 15 is 0 Å². The number of nitrogens with one attached hydrogen (secondary N) is 1. The van der Waals surface area contributed by atoms with E-state index in [1.54, 1.807) is 30.5 Å². The van der Waals surface area contributed by atoms with Crippen LogP contribution in [0.25, 0.3) is 0 Å². The lowest BCUT2D eigenvalue weighted by atomic mass is 10.2. The van der Waals surface area contributed by atoms with E-state index in [9.17, 15) is 4.79 Å². The predicted molar refractivity (Wildman–Crippen MR) is 98.9 cm³/mol. The maximum atomic E-state index is 12.7. The third kappa shape index (κ3) is 3.96. The first-order chi connectivity index (χ1) is 11.6. The summed E-state index contributed by atoms with van der Waals surface area (Å²) in [6.45, 7) is 1.93. The predicted octanol–water partition coefficient (Wildman–Crippen LogP) is 5.45. The number of aromatic nitrogens is 1. The fourth-order valence-corrected chi connectivity index (χ4v) is 3.24. The molecule has 5 heteroatoms. The van der Waals surface area contributed by atoms with Crippen molar-refractivity contribution in [2.45, 2.75) is 16.8 Å². The number of nitrogens with zero attached hydrogens (tertiary/aromatic N) is 1. The summed E-state index contributed by atoms with van der Waals surface area (Å²) in [5, 5.41) is 4.17. The number of benzene rings is 2. The number of carbonyl (C=O) groups is 1. The van der Waals surface area contributed by atoms with Gasteiger partial charge in [0.15, 0.2) is 0 Å². The summed E-state index contributed by atoms with van der Waals surface area (Å²) in [4.78, 5) is 18.1. The Balaban J connectivity index is 1.86. The molecule has 1 aromatic heterocycles. The molecule has 1 amide bonds. The fraction of sp³-hybridized carbons (Fsp3) is 0.0526. The SMILES string of the molecule is Cc1ccc(Cl)cc1NC(=O)c1cccnc1Sc1ccccc1. The van der Waals surface area contributed by atoms with Crippen LogP contribution in [0, 0.1) is 6.92 Å². The minimum absolute atomic E-state index is 0.202. The van der Waals surface area contributed by atoms with Crippen LogP contribution in [0.15, 0.2) is 76.8 Å². The van der Waals surface area contributed by atoms with Crippen LogP contribution >= 0.6 is 23.4 Å². The Morgan fingerprint density at radius 3 is 2.67 bits per heavy atom. The average molecular weight is 355 g/mol. The van der Waals surface area contributed by atoms with Gasteiger partial charge in [0.2, 0.25) is 0 Å². The molecule has 3 aromatic rings. The third-order valence-corrected chi connectivity index (χ3v) is 4.68. The van der Waals surface area contributed by atoms with Gasteiger partial charge in [0, 0.05) is 21.8 Å². The van der Waals surface area contributed by atoms with Gasteiger partial charge in [-0.1, -0.05) is 47.6 Å². The van der Waals surface area contributed by atoms with E-state index in [1.165, 1.54) is 11.8 Å². The lowest BCUT2D eigenvalue weighted by Crippen LogP contribution is -2.14. The van der Waals surface area contributed by atoms with Gasteiger partial charge >= 0.3 is 0 Å². The zero-order valence-corrected chi connectivity index (χ0v) is 14.6. The maximum Gasteiger partial charge on any atom is 0.258 e. The van der Waals surface area contributed by atoms with Crippen molar-refractivity contribution in [1.82, 2.24) is 4.98 Å². The molecule has 0 atom stereocenters. The Bertz CT molecular complexity index is 868. The van der Waals surface area contributed by atoms with Crippen molar-refractivity contribution in [3.05, 3.63) is 83.0 Å². The molecule has 0 radical (unpaired) electrons. The Hall–Kier alpha value is -2.30. The molecule has 0 aliphatic rings. The maximum absolute atomic E-state index is 12.7. The van der Waals surface area contributed by atoms with E-state index < -0.39 is 0 Å². The summed E-state index contributed by atoms with van der Waals surface area (Å²) in [6.07, 6.45) is 1.69. The molecule has 3 nitrogen and oxygen atoms in total. The molecular weight excluding hydrogens is 340 g/mol.